The van der Waals surface area contributed by atoms with Crippen molar-refractivity contribution in [3.63, 3.8) is 0 Å². The zero-order valence-corrected chi connectivity index (χ0v) is 16.0. The van der Waals surface area contributed by atoms with Crippen molar-refractivity contribution >= 4 is 39.3 Å². The molecule has 0 aliphatic carbocycles. The van der Waals surface area contributed by atoms with Gasteiger partial charge in [-0.1, -0.05) is 11.6 Å². The van der Waals surface area contributed by atoms with Gasteiger partial charge in [-0.25, -0.2) is 0 Å². The van der Waals surface area contributed by atoms with Gasteiger partial charge in [0.1, 0.15) is 5.75 Å². The first-order chi connectivity index (χ1) is 11.4. The highest BCUT2D eigenvalue weighted by atomic mass is 79.9. The Kier molecular flexibility index (Phi) is 6.89. The Morgan fingerprint density at radius 2 is 2.08 bits per heavy atom. The summed E-state index contributed by atoms with van der Waals surface area (Å²) < 4.78 is 11.6. The number of hydrogen-bond acceptors (Lipinski definition) is 4. The molecule has 2 rings (SSSR count). The third-order valence-electron chi connectivity index (χ3n) is 3.66. The molecule has 6 nitrogen and oxygen atoms in total. The molecule has 1 fully saturated rings. The number of likely N-dealkylation sites (N-methyl/N-ethyl adjacent to an activating group) is 1. The number of benzene rings is 1. The van der Waals surface area contributed by atoms with Crippen molar-refractivity contribution in [1.29, 1.82) is 0 Å². The van der Waals surface area contributed by atoms with E-state index in [9.17, 15) is 9.59 Å². The van der Waals surface area contributed by atoms with Gasteiger partial charge in [0, 0.05) is 25.2 Å². The average molecular weight is 420 g/mol. The van der Waals surface area contributed by atoms with Gasteiger partial charge in [-0.15, -0.1) is 0 Å². The van der Waals surface area contributed by atoms with E-state index in [1.807, 2.05) is 0 Å². The normalized spacial score (nSPS) is 15.8. The first-order valence-corrected chi connectivity index (χ1v) is 8.78. The molecule has 0 spiro atoms. The van der Waals surface area contributed by atoms with E-state index in [0.717, 1.165) is 0 Å². The predicted molar refractivity (Wildman–Crippen MR) is 94.3 cm³/mol. The quantitative estimate of drug-likeness (QED) is 0.734. The second kappa shape index (κ2) is 8.69. The van der Waals surface area contributed by atoms with Crippen LogP contribution in [0, 0.1) is 0 Å². The molecule has 1 aliphatic heterocycles. The Labute approximate surface area is 154 Å². The van der Waals surface area contributed by atoms with E-state index >= 15 is 0 Å². The lowest BCUT2D eigenvalue weighted by molar-refractivity contribution is -0.144. The third-order valence-corrected chi connectivity index (χ3v) is 4.51. The molecular formula is C16H20BrClN2O4. The standard InChI is InChI=1S/C16H20BrClN2O4/c1-11(24-14-4-3-12(18)9-13(14)17)16(22)19(2)10-15(21)20-5-7-23-8-6-20/h3-4,9,11H,5-8,10H2,1-2H3/t11-/m1/s1. The van der Waals surface area contributed by atoms with Crippen molar-refractivity contribution in [3.05, 3.63) is 27.7 Å². The summed E-state index contributed by atoms with van der Waals surface area (Å²) in [5.74, 6) is 0.167. The summed E-state index contributed by atoms with van der Waals surface area (Å²) in [5.41, 5.74) is 0. The number of rotatable bonds is 5. The van der Waals surface area contributed by atoms with Crippen LogP contribution >= 0.6 is 27.5 Å². The molecule has 0 saturated carbocycles. The second-order valence-electron chi connectivity index (χ2n) is 5.52. The Bertz CT molecular complexity index is 608. The fraction of sp³-hybridized carbons (Fsp3) is 0.500. The van der Waals surface area contributed by atoms with Gasteiger partial charge in [0.25, 0.3) is 5.91 Å². The fourth-order valence-electron chi connectivity index (χ4n) is 2.32. The summed E-state index contributed by atoms with van der Waals surface area (Å²) in [7, 11) is 1.59. The number of halogens is 2. The van der Waals surface area contributed by atoms with E-state index in [4.69, 9.17) is 21.1 Å². The van der Waals surface area contributed by atoms with Crippen LogP contribution in [0.1, 0.15) is 6.92 Å². The van der Waals surface area contributed by atoms with Crippen LogP contribution in [0.25, 0.3) is 0 Å². The molecule has 1 aromatic carbocycles. The minimum Gasteiger partial charge on any atom is -0.480 e. The molecule has 0 N–H and O–H groups in total. The highest BCUT2D eigenvalue weighted by molar-refractivity contribution is 9.10. The maximum atomic E-state index is 12.4. The first-order valence-electron chi connectivity index (χ1n) is 7.60. The summed E-state index contributed by atoms with van der Waals surface area (Å²) in [6, 6.07) is 5.07. The lowest BCUT2D eigenvalue weighted by Crippen LogP contribution is -2.48. The van der Waals surface area contributed by atoms with Crippen LogP contribution in [0.2, 0.25) is 5.02 Å². The molecular weight excluding hydrogens is 400 g/mol. The number of hydrogen-bond donors (Lipinski definition) is 0. The van der Waals surface area contributed by atoms with E-state index in [1.54, 1.807) is 37.1 Å². The highest BCUT2D eigenvalue weighted by Gasteiger charge is 2.24. The SMILES string of the molecule is C[C@@H](Oc1ccc(Cl)cc1Br)C(=O)N(C)CC(=O)N1CCOCC1. The molecule has 8 heteroatoms. The summed E-state index contributed by atoms with van der Waals surface area (Å²) in [4.78, 5) is 27.7. The Balaban J connectivity index is 1.90. The zero-order chi connectivity index (χ0) is 17.7. The summed E-state index contributed by atoms with van der Waals surface area (Å²) >= 11 is 9.23. The molecule has 2 amide bonds. The Morgan fingerprint density at radius 3 is 2.71 bits per heavy atom. The van der Waals surface area contributed by atoms with E-state index < -0.39 is 6.10 Å². The van der Waals surface area contributed by atoms with E-state index in [2.05, 4.69) is 15.9 Å². The molecule has 1 aromatic rings. The van der Waals surface area contributed by atoms with Crippen molar-refractivity contribution in [2.24, 2.45) is 0 Å². The van der Waals surface area contributed by atoms with Gasteiger partial charge in [-0.05, 0) is 41.1 Å². The minimum atomic E-state index is -0.718. The van der Waals surface area contributed by atoms with Gasteiger partial charge in [0.05, 0.1) is 24.2 Å². The van der Waals surface area contributed by atoms with E-state index in [-0.39, 0.29) is 18.4 Å². The maximum absolute atomic E-state index is 12.4. The maximum Gasteiger partial charge on any atom is 0.263 e. The largest absolute Gasteiger partial charge is 0.480 e. The lowest BCUT2D eigenvalue weighted by Gasteiger charge is -2.29. The number of amides is 2. The van der Waals surface area contributed by atoms with Gasteiger partial charge in [0.15, 0.2) is 6.10 Å². The summed E-state index contributed by atoms with van der Waals surface area (Å²) in [6.07, 6.45) is -0.718. The van der Waals surface area contributed by atoms with Crippen LogP contribution < -0.4 is 4.74 Å². The zero-order valence-electron chi connectivity index (χ0n) is 13.6. The van der Waals surface area contributed by atoms with Crippen LogP contribution in [-0.2, 0) is 14.3 Å². The molecule has 0 unspecified atom stereocenters. The van der Waals surface area contributed by atoms with Crippen molar-refractivity contribution in [3.8, 4) is 5.75 Å². The molecule has 24 heavy (non-hydrogen) atoms. The predicted octanol–water partition coefficient (Wildman–Crippen LogP) is 2.19. The Hall–Kier alpha value is -1.31. The average Bonchev–Trinajstić information content (AvgIpc) is 2.57. The Morgan fingerprint density at radius 1 is 1.42 bits per heavy atom. The van der Waals surface area contributed by atoms with Crippen molar-refractivity contribution in [1.82, 2.24) is 9.80 Å². The van der Waals surface area contributed by atoms with Gasteiger partial charge >= 0.3 is 0 Å². The van der Waals surface area contributed by atoms with Crippen molar-refractivity contribution in [2.45, 2.75) is 13.0 Å². The number of ether oxygens (including phenoxy) is 2. The third kappa shape index (κ3) is 5.09. The molecule has 0 aromatic heterocycles. The summed E-state index contributed by atoms with van der Waals surface area (Å²) in [6.45, 7) is 3.86. The van der Waals surface area contributed by atoms with Gasteiger partial charge in [-0.2, -0.15) is 0 Å². The van der Waals surface area contributed by atoms with E-state index in [1.165, 1.54) is 4.90 Å². The molecule has 1 atom stereocenters. The van der Waals surface area contributed by atoms with Crippen LogP contribution in [0.15, 0.2) is 22.7 Å². The lowest BCUT2D eigenvalue weighted by atomic mass is 10.3. The van der Waals surface area contributed by atoms with Gasteiger partial charge < -0.3 is 19.3 Å². The molecule has 132 valence electrons. The smallest absolute Gasteiger partial charge is 0.263 e. The van der Waals surface area contributed by atoms with Crippen LogP contribution in [-0.4, -0.2) is 67.6 Å². The monoisotopic (exact) mass is 418 g/mol. The second-order valence-corrected chi connectivity index (χ2v) is 6.81. The molecule has 0 radical (unpaired) electrons. The number of nitrogens with zero attached hydrogens (tertiary/aromatic N) is 2. The molecule has 1 heterocycles. The first kappa shape index (κ1) is 19.0. The van der Waals surface area contributed by atoms with Crippen LogP contribution in [0.3, 0.4) is 0 Å². The number of carbonyl (C=O) groups excluding carboxylic acids is 2. The van der Waals surface area contributed by atoms with Gasteiger partial charge in [-0.3, -0.25) is 9.59 Å². The highest BCUT2D eigenvalue weighted by Crippen LogP contribution is 2.28. The molecule has 1 saturated heterocycles. The van der Waals surface area contributed by atoms with Crippen molar-refractivity contribution in [2.75, 3.05) is 39.9 Å². The molecule has 1 aliphatic rings. The topological polar surface area (TPSA) is 59.1 Å². The van der Waals surface area contributed by atoms with Crippen molar-refractivity contribution < 1.29 is 19.1 Å². The minimum absolute atomic E-state index is 0.0221. The number of carbonyl (C=O) groups is 2. The summed E-state index contributed by atoms with van der Waals surface area (Å²) in [5, 5.41) is 0.571. The van der Waals surface area contributed by atoms with Gasteiger partial charge in [0.2, 0.25) is 5.91 Å². The molecule has 0 bridgehead atoms. The van der Waals surface area contributed by atoms with Crippen LogP contribution in [0.5, 0.6) is 5.75 Å². The fourth-order valence-corrected chi connectivity index (χ4v) is 3.09. The van der Waals surface area contributed by atoms with E-state index in [0.29, 0.717) is 41.5 Å². The van der Waals surface area contributed by atoms with Crippen LogP contribution in [0.4, 0.5) is 0 Å². The number of morpholine rings is 1.